The molecule has 0 amide bonds. The zero-order valence-electron chi connectivity index (χ0n) is 12.3. The van der Waals surface area contributed by atoms with Gasteiger partial charge in [-0.2, -0.15) is 8.78 Å². The molecule has 0 aliphatic carbocycles. The molecule has 0 fully saturated rings. The van der Waals surface area contributed by atoms with E-state index < -0.39 is 6.61 Å². The lowest BCUT2D eigenvalue weighted by Gasteiger charge is -2.15. The maximum Gasteiger partial charge on any atom is 0.387 e. The molecule has 1 N–H and O–H groups in total. The van der Waals surface area contributed by atoms with Crippen LogP contribution in [0.15, 0.2) is 30.3 Å². The normalized spacial score (nSPS) is 12.7. The maximum absolute atomic E-state index is 12.2. The Morgan fingerprint density at radius 2 is 2.00 bits per heavy atom. The van der Waals surface area contributed by atoms with Gasteiger partial charge in [0.25, 0.3) is 0 Å². The van der Waals surface area contributed by atoms with E-state index in [1.807, 2.05) is 13.0 Å². The van der Waals surface area contributed by atoms with E-state index in [1.54, 1.807) is 23.5 Å². The number of hydrogen-bond donors (Lipinski definition) is 1. The molecule has 2 nitrogen and oxygen atoms in total. The third kappa shape index (κ3) is 4.51. The molecule has 0 spiro atoms. The summed E-state index contributed by atoms with van der Waals surface area (Å²) < 4.78 is 28.9. The minimum atomic E-state index is -2.79. The fourth-order valence-corrected chi connectivity index (χ4v) is 3.15. The zero-order chi connectivity index (χ0) is 15.4. The van der Waals surface area contributed by atoms with Crippen molar-refractivity contribution in [3.8, 4) is 5.75 Å². The second kappa shape index (κ2) is 7.00. The van der Waals surface area contributed by atoms with E-state index in [9.17, 15) is 8.78 Å². The highest BCUT2D eigenvalue weighted by atomic mass is 32.1. The average molecular weight is 311 g/mol. The number of rotatable bonds is 6. The minimum absolute atomic E-state index is 0.0610. The van der Waals surface area contributed by atoms with Crippen LogP contribution in [0.25, 0.3) is 0 Å². The first-order chi connectivity index (χ1) is 9.95. The summed E-state index contributed by atoms with van der Waals surface area (Å²) in [4.78, 5) is 2.60. The van der Waals surface area contributed by atoms with Crippen molar-refractivity contribution in [3.05, 3.63) is 51.2 Å². The van der Waals surface area contributed by atoms with E-state index in [-0.39, 0.29) is 11.8 Å². The largest absolute Gasteiger partial charge is 0.435 e. The van der Waals surface area contributed by atoms with Crippen molar-refractivity contribution in [3.63, 3.8) is 0 Å². The summed E-state index contributed by atoms with van der Waals surface area (Å²) in [5.74, 6) is 0.193. The Bertz CT molecular complexity index is 598. The van der Waals surface area contributed by atoms with Gasteiger partial charge in [0.1, 0.15) is 5.75 Å². The molecule has 5 heteroatoms. The Balaban J connectivity index is 1.99. The van der Waals surface area contributed by atoms with E-state index in [2.05, 4.69) is 30.0 Å². The number of nitrogens with one attached hydrogen (secondary N) is 1. The zero-order valence-corrected chi connectivity index (χ0v) is 13.1. The molecule has 1 aromatic carbocycles. The van der Waals surface area contributed by atoms with Gasteiger partial charge in [-0.05, 0) is 50.1 Å². The van der Waals surface area contributed by atoms with Gasteiger partial charge < -0.3 is 10.1 Å². The molecular formula is C16H19F2NOS. The summed E-state index contributed by atoms with van der Waals surface area (Å²) in [5, 5.41) is 3.41. The SMILES string of the molecule is Cc1cc(CNC(C)c2cccc(OC(F)F)c2)c(C)s1. The molecule has 0 saturated carbocycles. The molecule has 1 heterocycles. The molecule has 2 rings (SSSR count). The predicted molar refractivity (Wildman–Crippen MR) is 82.1 cm³/mol. The van der Waals surface area contributed by atoms with Crippen LogP contribution in [0, 0.1) is 13.8 Å². The van der Waals surface area contributed by atoms with Crippen molar-refractivity contribution in [2.45, 2.75) is 40.0 Å². The topological polar surface area (TPSA) is 21.3 Å². The first-order valence-electron chi connectivity index (χ1n) is 6.80. The van der Waals surface area contributed by atoms with Crippen molar-refractivity contribution in [1.82, 2.24) is 5.32 Å². The lowest BCUT2D eigenvalue weighted by atomic mass is 10.1. The molecular weight excluding hydrogens is 292 g/mol. The van der Waals surface area contributed by atoms with Gasteiger partial charge in [0, 0.05) is 22.3 Å². The van der Waals surface area contributed by atoms with Gasteiger partial charge in [-0.15, -0.1) is 11.3 Å². The number of hydrogen-bond acceptors (Lipinski definition) is 3. The van der Waals surface area contributed by atoms with Gasteiger partial charge in [0.05, 0.1) is 0 Å². The highest BCUT2D eigenvalue weighted by Crippen LogP contribution is 2.23. The van der Waals surface area contributed by atoms with Crippen molar-refractivity contribution >= 4 is 11.3 Å². The van der Waals surface area contributed by atoms with Crippen LogP contribution in [0.3, 0.4) is 0 Å². The fraction of sp³-hybridized carbons (Fsp3) is 0.375. The molecule has 1 atom stereocenters. The van der Waals surface area contributed by atoms with Crippen molar-refractivity contribution in [2.24, 2.45) is 0 Å². The number of thiophene rings is 1. The molecule has 0 aliphatic rings. The molecule has 114 valence electrons. The molecule has 21 heavy (non-hydrogen) atoms. The third-order valence-corrected chi connectivity index (χ3v) is 4.33. The number of alkyl halides is 2. The Kier molecular flexibility index (Phi) is 5.31. The highest BCUT2D eigenvalue weighted by Gasteiger charge is 2.10. The molecule has 2 aromatic rings. The number of halogens is 2. The van der Waals surface area contributed by atoms with Crippen molar-refractivity contribution < 1.29 is 13.5 Å². The second-order valence-corrected chi connectivity index (χ2v) is 6.45. The summed E-state index contributed by atoms with van der Waals surface area (Å²) in [6.45, 7) is 4.18. The minimum Gasteiger partial charge on any atom is -0.435 e. The average Bonchev–Trinajstić information content (AvgIpc) is 2.74. The van der Waals surface area contributed by atoms with Crippen molar-refractivity contribution in [2.75, 3.05) is 0 Å². The highest BCUT2D eigenvalue weighted by molar-refractivity contribution is 7.12. The van der Waals surface area contributed by atoms with E-state index in [4.69, 9.17) is 0 Å². The van der Waals surface area contributed by atoms with Crippen LogP contribution >= 0.6 is 11.3 Å². The first-order valence-corrected chi connectivity index (χ1v) is 7.61. The quantitative estimate of drug-likeness (QED) is 0.826. The second-order valence-electron chi connectivity index (χ2n) is 4.99. The van der Waals surface area contributed by atoms with Crippen LogP contribution in [-0.2, 0) is 6.54 Å². The van der Waals surface area contributed by atoms with Crippen LogP contribution < -0.4 is 10.1 Å². The lowest BCUT2D eigenvalue weighted by molar-refractivity contribution is -0.0499. The van der Waals surface area contributed by atoms with Gasteiger partial charge >= 0.3 is 6.61 Å². The van der Waals surface area contributed by atoms with E-state index in [0.717, 1.165) is 12.1 Å². The Labute approximate surface area is 127 Å². The Hall–Kier alpha value is -1.46. The Morgan fingerprint density at radius 1 is 1.24 bits per heavy atom. The fourth-order valence-electron chi connectivity index (χ4n) is 2.20. The monoisotopic (exact) mass is 311 g/mol. The summed E-state index contributed by atoms with van der Waals surface area (Å²) >= 11 is 1.78. The number of aryl methyl sites for hydroxylation is 2. The van der Waals surface area contributed by atoms with Gasteiger partial charge in [-0.1, -0.05) is 12.1 Å². The molecule has 0 bridgehead atoms. The summed E-state index contributed by atoms with van der Waals surface area (Å²) in [5.41, 5.74) is 2.21. The standard InChI is InChI=1S/C16H19F2NOS/c1-10-7-14(12(3)21-10)9-19-11(2)13-5-4-6-15(8-13)20-16(17)18/h4-8,11,16,19H,9H2,1-3H3. The van der Waals surface area contributed by atoms with E-state index >= 15 is 0 Å². The van der Waals surface area contributed by atoms with E-state index in [0.29, 0.717) is 0 Å². The molecule has 0 saturated heterocycles. The van der Waals surface area contributed by atoms with Crippen LogP contribution in [0.1, 0.15) is 33.8 Å². The van der Waals surface area contributed by atoms with Gasteiger partial charge in [-0.3, -0.25) is 0 Å². The number of benzene rings is 1. The van der Waals surface area contributed by atoms with Crippen LogP contribution in [-0.4, -0.2) is 6.61 Å². The molecule has 1 unspecified atom stereocenters. The van der Waals surface area contributed by atoms with E-state index in [1.165, 1.54) is 21.4 Å². The lowest BCUT2D eigenvalue weighted by Crippen LogP contribution is -2.18. The number of ether oxygens (including phenoxy) is 1. The predicted octanol–water partition coefficient (Wildman–Crippen LogP) is 4.82. The van der Waals surface area contributed by atoms with Crippen LogP contribution in [0.2, 0.25) is 0 Å². The molecule has 0 radical (unpaired) electrons. The van der Waals surface area contributed by atoms with Gasteiger partial charge in [0.2, 0.25) is 0 Å². The molecule has 1 aromatic heterocycles. The van der Waals surface area contributed by atoms with Gasteiger partial charge in [-0.25, -0.2) is 0 Å². The summed E-state index contributed by atoms with van der Waals surface area (Å²) in [6.07, 6.45) is 0. The first kappa shape index (κ1) is 15.9. The maximum atomic E-state index is 12.2. The van der Waals surface area contributed by atoms with Crippen molar-refractivity contribution in [1.29, 1.82) is 0 Å². The van der Waals surface area contributed by atoms with Crippen LogP contribution in [0.5, 0.6) is 5.75 Å². The third-order valence-electron chi connectivity index (χ3n) is 3.33. The van der Waals surface area contributed by atoms with Gasteiger partial charge in [0.15, 0.2) is 0 Å². The summed E-state index contributed by atoms with van der Waals surface area (Å²) in [7, 11) is 0. The smallest absolute Gasteiger partial charge is 0.387 e. The molecule has 0 aliphatic heterocycles. The summed E-state index contributed by atoms with van der Waals surface area (Å²) in [6, 6.07) is 9.05. The Morgan fingerprint density at radius 3 is 2.62 bits per heavy atom. The van der Waals surface area contributed by atoms with Crippen LogP contribution in [0.4, 0.5) is 8.78 Å².